The molecule has 2 aromatic carbocycles. The van der Waals surface area contributed by atoms with Gasteiger partial charge in [0.15, 0.2) is 5.78 Å². The fourth-order valence-electron chi connectivity index (χ4n) is 2.84. The molecule has 0 aliphatic rings. The summed E-state index contributed by atoms with van der Waals surface area (Å²) in [6, 6.07) is 12.2. The van der Waals surface area contributed by atoms with Crippen LogP contribution < -0.4 is 9.47 Å². The van der Waals surface area contributed by atoms with E-state index in [-0.39, 0.29) is 25.2 Å². The minimum absolute atomic E-state index is 0.0133. The summed E-state index contributed by atoms with van der Waals surface area (Å²) in [4.78, 5) is 37.4. The van der Waals surface area contributed by atoms with E-state index in [1.165, 1.54) is 19.1 Å². The van der Waals surface area contributed by atoms with Crippen LogP contribution in [-0.4, -0.2) is 48.4 Å². The van der Waals surface area contributed by atoms with E-state index < -0.39 is 18.4 Å². The zero-order chi connectivity index (χ0) is 21.4. The third-order valence-electron chi connectivity index (χ3n) is 4.40. The van der Waals surface area contributed by atoms with Gasteiger partial charge in [0.05, 0.1) is 14.2 Å². The van der Waals surface area contributed by atoms with Gasteiger partial charge in [-0.25, -0.2) is 0 Å². The van der Waals surface area contributed by atoms with Crippen LogP contribution in [0.1, 0.15) is 34.3 Å². The molecule has 0 aliphatic heterocycles. The van der Waals surface area contributed by atoms with Crippen LogP contribution in [0.25, 0.3) is 0 Å². The molecule has 0 radical (unpaired) electrons. The Hall–Kier alpha value is -3.35. The maximum Gasteiger partial charge on any atom is 0.323 e. The Kier molecular flexibility index (Phi) is 7.77. The van der Waals surface area contributed by atoms with E-state index in [1.54, 1.807) is 30.3 Å². The molecule has 0 atom stereocenters. The van der Waals surface area contributed by atoms with Crippen molar-refractivity contribution in [1.82, 2.24) is 4.90 Å². The Morgan fingerprint density at radius 3 is 2.03 bits per heavy atom. The van der Waals surface area contributed by atoms with Crippen molar-refractivity contribution in [3.05, 3.63) is 59.2 Å². The lowest BCUT2D eigenvalue weighted by Crippen LogP contribution is -2.35. The molecule has 7 nitrogen and oxygen atoms in total. The summed E-state index contributed by atoms with van der Waals surface area (Å²) in [7, 11) is 3.02. The van der Waals surface area contributed by atoms with Gasteiger partial charge in [0.1, 0.15) is 18.0 Å². The second kappa shape index (κ2) is 10.3. The van der Waals surface area contributed by atoms with E-state index >= 15 is 0 Å². The van der Waals surface area contributed by atoms with Gasteiger partial charge < -0.3 is 19.5 Å². The monoisotopic (exact) mass is 399 g/mol. The molecule has 2 rings (SSSR count). The SMILES string of the molecule is COc1cc(CN(CC(=O)O)C(=O)CCC(=O)c2ccc(C)cc2)cc(OC)c1. The van der Waals surface area contributed by atoms with Gasteiger partial charge in [-0.05, 0) is 24.6 Å². The summed E-state index contributed by atoms with van der Waals surface area (Å²) in [5, 5.41) is 9.18. The van der Waals surface area contributed by atoms with E-state index in [0.717, 1.165) is 5.56 Å². The Morgan fingerprint density at radius 1 is 0.931 bits per heavy atom. The zero-order valence-electron chi connectivity index (χ0n) is 16.8. The molecular formula is C22H25NO6. The van der Waals surface area contributed by atoms with Crippen molar-refractivity contribution in [2.45, 2.75) is 26.3 Å². The topological polar surface area (TPSA) is 93.1 Å². The van der Waals surface area contributed by atoms with Crippen LogP contribution in [0.15, 0.2) is 42.5 Å². The number of carbonyl (C=O) groups is 3. The third kappa shape index (κ3) is 6.64. The predicted molar refractivity (Wildman–Crippen MR) is 107 cm³/mol. The van der Waals surface area contributed by atoms with Gasteiger partial charge in [-0.1, -0.05) is 29.8 Å². The average Bonchev–Trinajstić information content (AvgIpc) is 2.71. The first-order chi connectivity index (χ1) is 13.8. The summed E-state index contributed by atoms with van der Waals surface area (Å²) < 4.78 is 10.4. The highest BCUT2D eigenvalue weighted by Gasteiger charge is 2.19. The van der Waals surface area contributed by atoms with Crippen LogP contribution >= 0.6 is 0 Å². The molecule has 0 spiro atoms. The number of carboxylic acids is 1. The van der Waals surface area contributed by atoms with Gasteiger partial charge in [-0.3, -0.25) is 14.4 Å². The predicted octanol–water partition coefficient (Wildman–Crippen LogP) is 3.09. The van der Waals surface area contributed by atoms with Gasteiger partial charge in [0.2, 0.25) is 5.91 Å². The van der Waals surface area contributed by atoms with E-state index in [0.29, 0.717) is 22.6 Å². The normalized spacial score (nSPS) is 10.3. The maximum atomic E-state index is 12.6. The van der Waals surface area contributed by atoms with Crippen LogP contribution in [0.2, 0.25) is 0 Å². The number of carboxylic acid groups (broad SMARTS) is 1. The Morgan fingerprint density at radius 2 is 1.52 bits per heavy atom. The number of hydrogen-bond donors (Lipinski definition) is 1. The smallest absolute Gasteiger partial charge is 0.323 e. The second-order valence-corrected chi connectivity index (χ2v) is 6.65. The molecule has 0 aliphatic carbocycles. The van der Waals surface area contributed by atoms with Crippen LogP contribution in [0, 0.1) is 6.92 Å². The number of ether oxygens (including phenoxy) is 2. The Balaban J connectivity index is 2.08. The Labute approximate surface area is 169 Å². The molecule has 0 aromatic heterocycles. The molecule has 0 unspecified atom stereocenters. The number of rotatable bonds is 10. The molecule has 1 N–H and O–H groups in total. The summed E-state index contributed by atoms with van der Waals surface area (Å²) in [6.07, 6.45) is -0.0550. The molecule has 0 saturated carbocycles. The number of nitrogens with zero attached hydrogens (tertiary/aromatic N) is 1. The first-order valence-corrected chi connectivity index (χ1v) is 9.13. The highest BCUT2D eigenvalue weighted by Crippen LogP contribution is 2.23. The summed E-state index contributed by atoms with van der Waals surface area (Å²) in [6.45, 7) is 1.53. The highest BCUT2D eigenvalue weighted by atomic mass is 16.5. The minimum atomic E-state index is -1.13. The van der Waals surface area contributed by atoms with Crippen LogP contribution in [-0.2, 0) is 16.1 Å². The minimum Gasteiger partial charge on any atom is -0.497 e. The lowest BCUT2D eigenvalue weighted by atomic mass is 10.0. The van der Waals surface area contributed by atoms with Crippen molar-refractivity contribution in [3.8, 4) is 11.5 Å². The molecule has 0 fully saturated rings. The fourth-order valence-corrected chi connectivity index (χ4v) is 2.84. The highest BCUT2D eigenvalue weighted by molar-refractivity contribution is 5.98. The summed E-state index contributed by atoms with van der Waals surface area (Å²) in [5.74, 6) is -0.613. The molecular weight excluding hydrogens is 374 g/mol. The maximum absolute atomic E-state index is 12.6. The van der Waals surface area contributed by atoms with Crippen molar-refractivity contribution in [2.24, 2.45) is 0 Å². The molecule has 0 bridgehead atoms. The zero-order valence-corrected chi connectivity index (χ0v) is 16.8. The van der Waals surface area contributed by atoms with Gasteiger partial charge in [-0.2, -0.15) is 0 Å². The fraction of sp³-hybridized carbons (Fsp3) is 0.318. The molecule has 0 saturated heterocycles. The van der Waals surface area contributed by atoms with Crippen molar-refractivity contribution >= 4 is 17.7 Å². The summed E-state index contributed by atoms with van der Waals surface area (Å²) >= 11 is 0. The van der Waals surface area contributed by atoms with Crippen molar-refractivity contribution in [3.63, 3.8) is 0 Å². The number of Topliss-reactive ketones (excluding diaryl/α,β-unsaturated/α-hetero) is 1. The lowest BCUT2D eigenvalue weighted by molar-refractivity contribution is -0.144. The molecule has 2 aromatic rings. The first kappa shape index (κ1) is 21.9. The van der Waals surface area contributed by atoms with E-state index in [9.17, 15) is 19.5 Å². The molecule has 7 heteroatoms. The number of amides is 1. The summed E-state index contributed by atoms with van der Waals surface area (Å²) in [5.41, 5.74) is 2.24. The first-order valence-electron chi connectivity index (χ1n) is 9.13. The molecule has 1 amide bonds. The largest absolute Gasteiger partial charge is 0.497 e. The number of hydrogen-bond acceptors (Lipinski definition) is 5. The number of carbonyl (C=O) groups excluding carboxylic acids is 2. The second-order valence-electron chi connectivity index (χ2n) is 6.65. The number of methoxy groups -OCH3 is 2. The standard InChI is InChI=1S/C22H25NO6/c1-15-4-6-17(7-5-15)20(24)8-9-21(25)23(14-22(26)27)13-16-10-18(28-2)12-19(11-16)29-3/h4-7,10-12H,8-9,13-14H2,1-3H3,(H,26,27). The van der Waals surface area contributed by atoms with Crippen molar-refractivity contribution in [2.75, 3.05) is 20.8 Å². The molecule has 29 heavy (non-hydrogen) atoms. The number of aryl methyl sites for hydroxylation is 1. The van der Waals surface area contributed by atoms with E-state index in [4.69, 9.17) is 9.47 Å². The molecule has 0 heterocycles. The van der Waals surface area contributed by atoms with Gasteiger partial charge in [0, 0.05) is 31.0 Å². The number of ketones is 1. The van der Waals surface area contributed by atoms with Crippen molar-refractivity contribution in [1.29, 1.82) is 0 Å². The Bertz CT molecular complexity index is 853. The molecule has 154 valence electrons. The lowest BCUT2D eigenvalue weighted by Gasteiger charge is -2.21. The van der Waals surface area contributed by atoms with Crippen molar-refractivity contribution < 1.29 is 29.0 Å². The van der Waals surface area contributed by atoms with E-state index in [2.05, 4.69) is 0 Å². The van der Waals surface area contributed by atoms with Gasteiger partial charge in [0.25, 0.3) is 0 Å². The number of aliphatic carboxylic acids is 1. The third-order valence-corrected chi connectivity index (χ3v) is 4.40. The van der Waals surface area contributed by atoms with E-state index in [1.807, 2.05) is 19.1 Å². The quantitative estimate of drug-likeness (QED) is 0.617. The van der Waals surface area contributed by atoms with Gasteiger partial charge in [-0.15, -0.1) is 0 Å². The van der Waals surface area contributed by atoms with Crippen LogP contribution in [0.4, 0.5) is 0 Å². The number of benzene rings is 2. The van der Waals surface area contributed by atoms with Crippen LogP contribution in [0.3, 0.4) is 0 Å². The van der Waals surface area contributed by atoms with Crippen LogP contribution in [0.5, 0.6) is 11.5 Å². The average molecular weight is 399 g/mol. The van der Waals surface area contributed by atoms with Gasteiger partial charge >= 0.3 is 5.97 Å².